The number of hydrogen-bond acceptors (Lipinski definition) is 4. The van der Waals surface area contributed by atoms with E-state index in [0.29, 0.717) is 5.69 Å². The summed E-state index contributed by atoms with van der Waals surface area (Å²) in [6.07, 6.45) is 2.85. The number of amides is 1. The van der Waals surface area contributed by atoms with E-state index in [1.165, 1.54) is 47.2 Å². The molecule has 116 valence electrons. The number of carbonyl (C=O) groups is 1. The van der Waals surface area contributed by atoms with Crippen LogP contribution in [0.25, 0.3) is 5.69 Å². The van der Waals surface area contributed by atoms with Crippen LogP contribution in [0.2, 0.25) is 0 Å². The largest absolute Gasteiger partial charge is 0.308 e. The van der Waals surface area contributed by atoms with Crippen molar-refractivity contribution < 1.29 is 9.18 Å². The molecule has 3 rings (SSSR count). The number of H-pyrrole nitrogens is 1. The minimum Gasteiger partial charge on any atom is -0.308 e. The first-order chi connectivity index (χ1) is 11.1. The van der Waals surface area contributed by atoms with Crippen LogP contribution < -0.4 is 10.5 Å². The van der Waals surface area contributed by atoms with Crippen molar-refractivity contribution in [3.8, 4) is 5.69 Å². The molecular weight excluding hydrogens is 301 g/mol. The van der Waals surface area contributed by atoms with Crippen LogP contribution in [0.1, 0.15) is 10.5 Å². The first-order valence-electron chi connectivity index (χ1n) is 6.69. The standard InChI is InChI=1S/C15H12FN5O2/c1-20(10-8-14(22)18-17-9-10)15(23)12-6-7-21(19-12)13-5-3-2-4-11(13)16/h2-9H,1H3,(H,18,22). The van der Waals surface area contributed by atoms with Gasteiger partial charge in [-0.15, -0.1) is 0 Å². The molecule has 7 nitrogen and oxygen atoms in total. The van der Waals surface area contributed by atoms with Gasteiger partial charge in [-0.1, -0.05) is 12.1 Å². The van der Waals surface area contributed by atoms with Crippen molar-refractivity contribution in [3.05, 3.63) is 70.7 Å². The third kappa shape index (κ3) is 2.86. The lowest BCUT2D eigenvalue weighted by molar-refractivity contribution is 0.0987. The Hall–Kier alpha value is -3.29. The lowest BCUT2D eigenvalue weighted by Crippen LogP contribution is -2.28. The lowest BCUT2D eigenvalue weighted by atomic mass is 10.3. The summed E-state index contributed by atoms with van der Waals surface area (Å²) in [5.41, 5.74) is 0.279. The summed E-state index contributed by atoms with van der Waals surface area (Å²) < 4.78 is 15.0. The van der Waals surface area contributed by atoms with Gasteiger partial charge in [0.15, 0.2) is 5.69 Å². The van der Waals surface area contributed by atoms with Gasteiger partial charge in [0.25, 0.3) is 11.5 Å². The van der Waals surface area contributed by atoms with E-state index < -0.39 is 17.3 Å². The molecule has 1 amide bonds. The monoisotopic (exact) mass is 313 g/mol. The fraction of sp³-hybridized carbons (Fsp3) is 0.0667. The molecule has 0 saturated heterocycles. The van der Waals surface area contributed by atoms with E-state index in [2.05, 4.69) is 15.3 Å². The zero-order chi connectivity index (χ0) is 16.4. The number of rotatable bonds is 3. The SMILES string of the molecule is CN(C(=O)c1ccn(-c2ccccc2F)n1)c1cn[nH]c(=O)c1. The summed E-state index contributed by atoms with van der Waals surface area (Å²) in [7, 11) is 1.50. The quantitative estimate of drug-likeness (QED) is 0.791. The zero-order valence-electron chi connectivity index (χ0n) is 12.1. The molecule has 0 radical (unpaired) electrons. The van der Waals surface area contributed by atoms with Crippen molar-refractivity contribution in [2.24, 2.45) is 0 Å². The predicted octanol–water partition coefficient (Wildman–Crippen LogP) is 1.37. The molecule has 0 unspecified atom stereocenters. The molecule has 0 bridgehead atoms. The van der Waals surface area contributed by atoms with E-state index in [-0.39, 0.29) is 11.4 Å². The zero-order valence-corrected chi connectivity index (χ0v) is 12.1. The molecule has 1 N–H and O–H groups in total. The van der Waals surface area contributed by atoms with E-state index in [1.54, 1.807) is 18.2 Å². The molecule has 0 aliphatic rings. The average molecular weight is 313 g/mol. The Morgan fingerprint density at radius 2 is 2.09 bits per heavy atom. The fourth-order valence-electron chi connectivity index (χ4n) is 2.05. The van der Waals surface area contributed by atoms with Crippen LogP contribution in [0.4, 0.5) is 10.1 Å². The van der Waals surface area contributed by atoms with Crippen LogP contribution in [0.5, 0.6) is 0 Å². The van der Waals surface area contributed by atoms with Crippen molar-refractivity contribution >= 4 is 11.6 Å². The van der Waals surface area contributed by atoms with Crippen molar-refractivity contribution in [1.29, 1.82) is 0 Å². The van der Waals surface area contributed by atoms with Crippen LogP contribution >= 0.6 is 0 Å². The van der Waals surface area contributed by atoms with Crippen LogP contribution in [0, 0.1) is 5.82 Å². The van der Waals surface area contributed by atoms with Crippen LogP contribution in [0.15, 0.2) is 53.6 Å². The number of carbonyl (C=O) groups excluding carboxylic acids is 1. The average Bonchev–Trinajstić information content (AvgIpc) is 3.03. The Morgan fingerprint density at radius 3 is 2.83 bits per heavy atom. The summed E-state index contributed by atoms with van der Waals surface area (Å²) in [6.45, 7) is 0. The molecule has 0 fully saturated rings. The van der Waals surface area contributed by atoms with Gasteiger partial charge < -0.3 is 4.90 Å². The smallest absolute Gasteiger partial charge is 0.278 e. The summed E-state index contributed by atoms with van der Waals surface area (Å²) in [5.74, 6) is -0.880. The molecular formula is C15H12FN5O2. The summed E-state index contributed by atoms with van der Waals surface area (Å²) >= 11 is 0. The van der Waals surface area contributed by atoms with Gasteiger partial charge in [0, 0.05) is 19.3 Å². The molecule has 8 heteroatoms. The maximum Gasteiger partial charge on any atom is 0.278 e. The van der Waals surface area contributed by atoms with Gasteiger partial charge in [0.2, 0.25) is 0 Å². The Kier molecular flexibility index (Phi) is 3.71. The number of anilines is 1. The second kappa shape index (κ2) is 5.84. The topological polar surface area (TPSA) is 83.9 Å². The summed E-state index contributed by atoms with van der Waals surface area (Å²) in [4.78, 5) is 24.9. The van der Waals surface area contributed by atoms with E-state index >= 15 is 0 Å². The van der Waals surface area contributed by atoms with Gasteiger partial charge in [-0.25, -0.2) is 14.2 Å². The molecule has 0 aliphatic heterocycles. The predicted molar refractivity (Wildman–Crippen MR) is 81.1 cm³/mol. The molecule has 0 atom stereocenters. The second-order valence-electron chi connectivity index (χ2n) is 4.76. The van der Waals surface area contributed by atoms with E-state index in [1.807, 2.05) is 0 Å². The molecule has 3 aromatic rings. The molecule has 0 aliphatic carbocycles. The second-order valence-corrected chi connectivity index (χ2v) is 4.76. The molecule has 23 heavy (non-hydrogen) atoms. The van der Waals surface area contributed by atoms with Crippen LogP contribution in [0.3, 0.4) is 0 Å². The first-order valence-corrected chi connectivity index (χ1v) is 6.69. The van der Waals surface area contributed by atoms with Crippen LogP contribution in [-0.4, -0.2) is 32.9 Å². The highest BCUT2D eigenvalue weighted by Gasteiger charge is 2.18. The van der Waals surface area contributed by atoms with Gasteiger partial charge in [0.05, 0.1) is 11.9 Å². The Bertz CT molecular complexity index is 918. The van der Waals surface area contributed by atoms with Crippen molar-refractivity contribution in [3.63, 3.8) is 0 Å². The first kappa shape index (κ1) is 14.6. The van der Waals surface area contributed by atoms with Crippen LogP contribution in [-0.2, 0) is 0 Å². The maximum absolute atomic E-state index is 13.8. The molecule has 2 heterocycles. The van der Waals surface area contributed by atoms with Gasteiger partial charge in [0.1, 0.15) is 11.5 Å². The van der Waals surface area contributed by atoms with Gasteiger partial charge >= 0.3 is 0 Å². The van der Waals surface area contributed by atoms with Gasteiger partial charge in [-0.2, -0.15) is 10.2 Å². The lowest BCUT2D eigenvalue weighted by Gasteiger charge is -2.14. The van der Waals surface area contributed by atoms with Gasteiger partial charge in [-0.3, -0.25) is 9.59 Å². The normalized spacial score (nSPS) is 10.5. The number of para-hydroxylation sites is 1. The highest BCUT2D eigenvalue weighted by atomic mass is 19.1. The number of hydrogen-bond donors (Lipinski definition) is 1. The van der Waals surface area contributed by atoms with Crippen molar-refractivity contribution in [1.82, 2.24) is 20.0 Å². The number of benzene rings is 1. The Balaban J connectivity index is 1.90. The number of aromatic nitrogens is 4. The third-order valence-electron chi connectivity index (χ3n) is 3.25. The molecule has 0 spiro atoms. The van der Waals surface area contributed by atoms with Crippen molar-refractivity contribution in [2.45, 2.75) is 0 Å². The molecule has 2 aromatic heterocycles. The number of halogens is 1. The highest BCUT2D eigenvalue weighted by Crippen LogP contribution is 2.14. The minimum atomic E-state index is -0.443. The Labute approximate surface area is 130 Å². The highest BCUT2D eigenvalue weighted by molar-refractivity contribution is 6.04. The summed E-state index contributed by atoms with van der Waals surface area (Å²) in [6, 6.07) is 8.84. The Morgan fingerprint density at radius 1 is 1.30 bits per heavy atom. The van der Waals surface area contributed by atoms with Gasteiger partial charge in [-0.05, 0) is 18.2 Å². The van der Waals surface area contributed by atoms with E-state index in [9.17, 15) is 14.0 Å². The number of aromatic amines is 1. The molecule has 0 saturated carbocycles. The van der Waals surface area contributed by atoms with E-state index in [0.717, 1.165) is 0 Å². The number of nitrogens with zero attached hydrogens (tertiary/aromatic N) is 4. The fourth-order valence-corrected chi connectivity index (χ4v) is 2.05. The van der Waals surface area contributed by atoms with E-state index in [4.69, 9.17) is 0 Å². The minimum absolute atomic E-state index is 0.121. The summed E-state index contributed by atoms with van der Waals surface area (Å²) in [5, 5.41) is 9.96. The third-order valence-corrected chi connectivity index (χ3v) is 3.25. The molecule has 1 aromatic carbocycles. The van der Waals surface area contributed by atoms with Crippen molar-refractivity contribution in [2.75, 3.05) is 11.9 Å². The maximum atomic E-state index is 13.8. The number of nitrogens with one attached hydrogen (secondary N) is 1.